The zero-order chi connectivity index (χ0) is 28.5. The predicted molar refractivity (Wildman–Crippen MR) is 162 cm³/mol. The second kappa shape index (κ2) is 13.7. The summed E-state index contributed by atoms with van der Waals surface area (Å²) in [6.07, 6.45) is 7.60. The van der Waals surface area contributed by atoms with E-state index < -0.39 is 5.97 Å². The van der Waals surface area contributed by atoms with Gasteiger partial charge in [-0.05, 0) is 79.3 Å². The predicted octanol–water partition coefficient (Wildman–Crippen LogP) is 8.01. The van der Waals surface area contributed by atoms with Gasteiger partial charge in [0.25, 0.3) is 0 Å². The Morgan fingerprint density at radius 1 is 1.02 bits per heavy atom. The fourth-order valence-corrected chi connectivity index (χ4v) is 5.03. The van der Waals surface area contributed by atoms with Gasteiger partial charge in [-0.15, -0.1) is 0 Å². The second-order valence-electron chi connectivity index (χ2n) is 10.2. The van der Waals surface area contributed by atoms with Gasteiger partial charge in [0.15, 0.2) is 0 Å². The fraction of sp³-hybridized carbons (Fsp3) is 0.294. The van der Waals surface area contributed by atoms with Gasteiger partial charge in [0.2, 0.25) is 5.91 Å². The summed E-state index contributed by atoms with van der Waals surface area (Å²) in [6.45, 7) is 6.61. The van der Waals surface area contributed by atoms with Crippen molar-refractivity contribution in [1.29, 1.82) is 0 Å². The third-order valence-corrected chi connectivity index (χ3v) is 7.18. The molecule has 4 rings (SSSR count). The van der Waals surface area contributed by atoms with Crippen LogP contribution in [-0.4, -0.2) is 28.2 Å². The summed E-state index contributed by atoms with van der Waals surface area (Å²) < 4.78 is 8.10. The average molecular weight is 539 g/mol. The number of carbonyl (C=O) groups is 2. The summed E-state index contributed by atoms with van der Waals surface area (Å²) in [5, 5.41) is 12.9. The first-order valence-corrected chi connectivity index (χ1v) is 14.0. The number of hydrogen-bond acceptors (Lipinski definition) is 3. The minimum absolute atomic E-state index is 0.0372. The number of unbranched alkanes of at least 4 members (excludes halogenated alkanes) is 1. The van der Waals surface area contributed by atoms with Crippen LogP contribution >= 0.6 is 0 Å². The summed E-state index contributed by atoms with van der Waals surface area (Å²) in [5.74, 6) is -0.597. The van der Waals surface area contributed by atoms with Crippen LogP contribution in [-0.2, 0) is 9.59 Å². The number of carboxylic acid groups (broad SMARTS) is 1. The Balaban J connectivity index is 1.51. The second-order valence-corrected chi connectivity index (χ2v) is 10.2. The van der Waals surface area contributed by atoms with Crippen LogP contribution in [0.5, 0.6) is 5.75 Å². The molecule has 3 aromatic carbocycles. The molecular formula is C34H38N2O4. The van der Waals surface area contributed by atoms with Crippen molar-refractivity contribution in [3.63, 3.8) is 0 Å². The zero-order valence-corrected chi connectivity index (χ0v) is 23.5. The van der Waals surface area contributed by atoms with Gasteiger partial charge in [0.05, 0.1) is 18.3 Å². The molecule has 0 aliphatic heterocycles. The van der Waals surface area contributed by atoms with Crippen LogP contribution in [0.25, 0.3) is 16.5 Å². The lowest BCUT2D eigenvalue weighted by molar-refractivity contribution is -0.137. The molecule has 0 saturated carbocycles. The van der Waals surface area contributed by atoms with E-state index >= 15 is 0 Å². The molecule has 6 heteroatoms. The van der Waals surface area contributed by atoms with Gasteiger partial charge >= 0.3 is 5.97 Å². The van der Waals surface area contributed by atoms with Gasteiger partial charge in [-0.1, -0.05) is 62.2 Å². The third kappa shape index (κ3) is 7.20. The monoisotopic (exact) mass is 538 g/mol. The molecule has 1 unspecified atom stereocenters. The molecule has 0 radical (unpaired) electrons. The fourth-order valence-electron chi connectivity index (χ4n) is 5.03. The number of rotatable bonds is 13. The van der Waals surface area contributed by atoms with Gasteiger partial charge in [-0.3, -0.25) is 9.59 Å². The van der Waals surface area contributed by atoms with Crippen LogP contribution in [0.2, 0.25) is 0 Å². The van der Waals surface area contributed by atoms with Crippen molar-refractivity contribution in [2.75, 3.05) is 11.9 Å². The number of aliphatic carboxylic acids is 1. The van der Waals surface area contributed by atoms with E-state index in [0.717, 1.165) is 35.8 Å². The number of nitrogens with zero attached hydrogens (tertiary/aromatic N) is 1. The van der Waals surface area contributed by atoms with E-state index in [4.69, 9.17) is 9.84 Å². The highest BCUT2D eigenvalue weighted by molar-refractivity contribution is 6.04. The summed E-state index contributed by atoms with van der Waals surface area (Å²) in [4.78, 5) is 23.6. The normalized spacial score (nSPS) is 12.3. The number of amides is 1. The van der Waals surface area contributed by atoms with Crippen LogP contribution in [0.1, 0.15) is 68.7 Å². The smallest absolute Gasteiger partial charge is 0.303 e. The quantitative estimate of drug-likeness (QED) is 0.133. The van der Waals surface area contributed by atoms with Crippen LogP contribution in [0.3, 0.4) is 0 Å². The van der Waals surface area contributed by atoms with E-state index in [1.807, 2.05) is 19.1 Å². The summed E-state index contributed by atoms with van der Waals surface area (Å²) in [6, 6.07) is 24.6. The highest BCUT2D eigenvalue weighted by Crippen LogP contribution is 2.32. The summed E-state index contributed by atoms with van der Waals surface area (Å²) in [5.41, 5.74) is 6.23. The van der Waals surface area contributed by atoms with Crippen LogP contribution in [0, 0.1) is 6.92 Å². The number of nitrogens with one attached hydrogen (secondary N) is 1. The zero-order valence-electron chi connectivity index (χ0n) is 23.5. The van der Waals surface area contributed by atoms with E-state index in [1.165, 1.54) is 16.6 Å². The van der Waals surface area contributed by atoms with Crippen molar-refractivity contribution in [2.45, 2.75) is 58.9 Å². The van der Waals surface area contributed by atoms with Crippen molar-refractivity contribution in [3.05, 3.63) is 102 Å². The number of hydrogen-bond donors (Lipinski definition) is 2. The molecule has 0 spiro atoms. The SMILES string of the molecule is CCCCC(c1ccccc1C)n1ccc2cc(/C(C)=C/C(=O)Nc3ccccc3OCCCC(=O)O)ccc21. The van der Waals surface area contributed by atoms with E-state index in [1.54, 1.807) is 18.2 Å². The average Bonchev–Trinajstić information content (AvgIpc) is 3.36. The van der Waals surface area contributed by atoms with Gasteiger partial charge < -0.3 is 19.7 Å². The third-order valence-electron chi connectivity index (χ3n) is 7.18. The van der Waals surface area contributed by atoms with Gasteiger partial charge in [0, 0.05) is 29.6 Å². The van der Waals surface area contributed by atoms with Crippen LogP contribution in [0.4, 0.5) is 5.69 Å². The molecule has 0 fully saturated rings. The number of carboxylic acids is 1. The van der Waals surface area contributed by atoms with Crippen LogP contribution < -0.4 is 10.1 Å². The molecule has 208 valence electrons. The minimum Gasteiger partial charge on any atom is -0.491 e. The number of ether oxygens (including phenoxy) is 1. The minimum atomic E-state index is -0.858. The molecule has 40 heavy (non-hydrogen) atoms. The number of anilines is 1. The molecule has 1 amide bonds. The Hall–Kier alpha value is -4.32. The molecular weight excluding hydrogens is 500 g/mol. The van der Waals surface area contributed by atoms with Gasteiger partial charge in [0.1, 0.15) is 5.75 Å². The first-order chi connectivity index (χ1) is 19.4. The maximum Gasteiger partial charge on any atom is 0.303 e. The number of fused-ring (bicyclic) bond motifs is 1. The Morgan fingerprint density at radius 3 is 2.58 bits per heavy atom. The molecule has 0 aliphatic carbocycles. The molecule has 0 bridgehead atoms. The Bertz CT molecular complexity index is 1500. The van der Waals surface area contributed by atoms with Crippen molar-refractivity contribution in [2.24, 2.45) is 0 Å². The van der Waals surface area contributed by atoms with Gasteiger partial charge in [-0.2, -0.15) is 0 Å². The Kier molecular flexibility index (Phi) is 9.79. The van der Waals surface area contributed by atoms with Crippen molar-refractivity contribution >= 4 is 34.0 Å². The molecule has 0 saturated heterocycles. The van der Waals surface area contributed by atoms with Crippen molar-refractivity contribution in [1.82, 2.24) is 4.57 Å². The van der Waals surface area contributed by atoms with E-state index in [2.05, 4.69) is 78.5 Å². The lowest BCUT2D eigenvalue weighted by atomic mass is 9.96. The molecule has 4 aromatic rings. The number of aromatic nitrogens is 1. The molecule has 6 nitrogen and oxygen atoms in total. The highest BCUT2D eigenvalue weighted by Gasteiger charge is 2.17. The molecule has 1 aromatic heterocycles. The topological polar surface area (TPSA) is 80.6 Å². The summed E-state index contributed by atoms with van der Waals surface area (Å²) >= 11 is 0. The Labute approximate surface area is 236 Å². The number of benzene rings is 3. The number of para-hydroxylation sites is 2. The maximum atomic E-state index is 12.9. The first-order valence-electron chi connectivity index (χ1n) is 14.0. The van der Waals surface area contributed by atoms with Crippen molar-refractivity contribution < 1.29 is 19.4 Å². The number of aryl methyl sites for hydroxylation is 1. The van der Waals surface area contributed by atoms with E-state index in [-0.39, 0.29) is 25.0 Å². The molecule has 0 aliphatic rings. The van der Waals surface area contributed by atoms with Crippen LogP contribution in [0.15, 0.2) is 85.1 Å². The first kappa shape index (κ1) is 28.7. The van der Waals surface area contributed by atoms with E-state index in [9.17, 15) is 9.59 Å². The maximum absolute atomic E-state index is 12.9. The van der Waals surface area contributed by atoms with Crippen molar-refractivity contribution in [3.8, 4) is 5.75 Å². The molecule has 2 N–H and O–H groups in total. The lowest BCUT2D eigenvalue weighted by Gasteiger charge is -2.22. The summed E-state index contributed by atoms with van der Waals surface area (Å²) in [7, 11) is 0. The lowest BCUT2D eigenvalue weighted by Crippen LogP contribution is -2.11. The highest BCUT2D eigenvalue weighted by atomic mass is 16.5. The van der Waals surface area contributed by atoms with E-state index in [0.29, 0.717) is 17.9 Å². The Morgan fingerprint density at radius 2 is 1.80 bits per heavy atom. The van der Waals surface area contributed by atoms with Gasteiger partial charge in [-0.25, -0.2) is 0 Å². The molecule has 1 atom stereocenters. The number of carbonyl (C=O) groups excluding carboxylic acids is 1. The standard InChI is InChI=1S/C34H38N2O4/c1-4-5-14-31(28-12-7-6-11-24(28)2)36-20-19-27-23-26(17-18-30(27)36)25(3)22-33(37)35-29-13-8-9-15-32(29)40-21-10-16-34(38)39/h6-9,11-13,15,17-20,22-23,31H,4-5,10,14,16,21H2,1-3H3,(H,35,37)(H,38,39)/b25-22+. The number of allylic oxidation sites excluding steroid dienone is 1. The largest absolute Gasteiger partial charge is 0.491 e. The molecule has 1 heterocycles.